The normalized spacial score (nSPS) is 12.0. The van der Waals surface area contributed by atoms with E-state index >= 15 is 0 Å². The van der Waals surface area contributed by atoms with Crippen molar-refractivity contribution >= 4 is 28.9 Å². The van der Waals surface area contributed by atoms with Crippen molar-refractivity contribution in [2.24, 2.45) is 0 Å². The summed E-state index contributed by atoms with van der Waals surface area (Å²) in [6.45, 7) is 2.62. The molecule has 0 aliphatic heterocycles. The van der Waals surface area contributed by atoms with Crippen LogP contribution in [0.2, 0.25) is 12.1 Å². The fourth-order valence-electron chi connectivity index (χ4n) is 3.49. The van der Waals surface area contributed by atoms with Crippen LogP contribution in [0.25, 0.3) is 0 Å². The zero-order valence-corrected chi connectivity index (χ0v) is 19.9. The summed E-state index contributed by atoms with van der Waals surface area (Å²) in [5.74, 6) is 0. The second-order valence-electron chi connectivity index (χ2n) is 8.01. The summed E-state index contributed by atoms with van der Waals surface area (Å²) in [6.07, 6.45) is 25.1. The summed E-state index contributed by atoms with van der Waals surface area (Å²) in [4.78, 5) is 0. The fourth-order valence-corrected chi connectivity index (χ4v) is 6.98. The van der Waals surface area contributed by atoms with Crippen LogP contribution in [0.1, 0.15) is 129 Å². The van der Waals surface area contributed by atoms with Crippen LogP contribution in [-0.4, -0.2) is 6.69 Å². The Morgan fingerprint density at radius 3 is 1.04 bits per heavy atom. The summed E-state index contributed by atoms with van der Waals surface area (Å²) in [7, 11) is 0. The van der Waals surface area contributed by atoms with E-state index in [0.29, 0.717) is 0 Å². The van der Waals surface area contributed by atoms with E-state index in [4.69, 9.17) is 22.2 Å². The molecule has 0 bridgehead atoms. The molecular weight excluding hydrogens is 363 g/mol. The van der Waals surface area contributed by atoms with E-state index in [1.165, 1.54) is 116 Å². The molecule has 0 atom stereocenters. The van der Waals surface area contributed by atoms with Crippen LogP contribution in [0.3, 0.4) is 0 Å². The first-order valence-electron chi connectivity index (χ1n) is 11.5. The van der Waals surface area contributed by atoms with Gasteiger partial charge in [0.2, 0.25) is 0 Å². The van der Waals surface area contributed by atoms with Gasteiger partial charge in [-0.15, -0.1) is 22.2 Å². The van der Waals surface area contributed by atoms with Crippen molar-refractivity contribution in [2.75, 3.05) is 0 Å². The predicted octanol–water partition coefficient (Wildman–Crippen LogP) is 9.97. The van der Waals surface area contributed by atoms with Crippen LogP contribution >= 0.6 is 22.2 Å². The maximum atomic E-state index is 6.48. The van der Waals surface area contributed by atoms with E-state index in [-0.39, 0.29) is 0 Å². The third kappa shape index (κ3) is 21.0. The largest absolute Gasteiger partial charge is 0.251 e. The number of unbranched alkanes of at least 4 members (excludes halogenated alkanes) is 16. The quantitative estimate of drug-likeness (QED) is 0.107. The van der Waals surface area contributed by atoms with Gasteiger partial charge in [0.15, 0.2) is 0 Å². The highest BCUT2D eigenvalue weighted by atomic mass is 35.7. The zero-order chi connectivity index (χ0) is 18.6. The Balaban J connectivity index is 3.14. The number of halogens is 2. The maximum Gasteiger partial charge on any atom is 0.251 e. The first kappa shape index (κ1) is 25.8. The van der Waals surface area contributed by atoms with Gasteiger partial charge in [-0.3, -0.25) is 0 Å². The molecule has 0 heterocycles. The molecule has 0 aliphatic carbocycles. The first-order valence-corrected chi connectivity index (χ1v) is 15.9. The molecule has 0 aliphatic rings. The van der Waals surface area contributed by atoms with Gasteiger partial charge in [-0.05, 0) is 12.1 Å². The molecule has 0 unspecified atom stereocenters. The molecule has 0 spiro atoms. The molecule has 0 amide bonds. The van der Waals surface area contributed by atoms with Gasteiger partial charge in [0.1, 0.15) is 0 Å². The Bertz CT molecular complexity index is 256. The minimum atomic E-state index is -1.89. The smallest absolute Gasteiger partial charge is 0.146 e. The van der Waals surface area contributed by atoms with Crippen molar-refractivity contribution < 1.29 is 0 Å². The van der Waals surface area contributed by atoms with E-state index in [1.807, 2.05) is 0 Å². The van der Waals surface area contributed by atoms with Gasteiger partial charge < -0.3 is 0 Å². The second kappa shape index (κ2) is 19.6. The van der Waals surface area contributed by atoms with E-state index in [0.717, 1.165) is 12.1 Å². The van der Waals surface area contributed by atoms with Gasteiger partial charge in [0.05, 0.1) is 0 Å². The maximum absolute atomic E-state index is 6.48. The summed E-state index contributed by atoms with van der Waals surface area (Å²) in [5, 5.41) is 0. The van der Waals surface area contributed by atoms with Crippen molar-refractivity contribution in [3.63, 3.8) is 0 Å². The van der Waals surface area contributed by atoms with Crippen molar-refractivity contribution in [3.05, 3.63) is 0 Å². The van der Waals surface area contributed by atoms with Crippen molar-refractivity contribution in [3.8, 4) is 0 Å². The molecule has 0 fully saturated rings. The van der Waals surface area contributed by atoms with Crippen LogP contribution in [0, 0.1) is 0 Å². The lowest BCUT2D eigenvalue weighted by Crippen LogP contribution is -2.17. The topological polar surface area (TPSA) is 0 Å². The minimum absolute atomic E-state index is 1.09. The summed E-state index contributed by atoms with van der Waals surface area (Å²) < 4.78 is 0. The van der Waals surface area contributed by atoms with Crippen LogP contribution in [0.4, 0.5) is 0 Å². The summed E-state index contributed by atoms with van der Waals surface area (Å²) >= 11 is 13.0. The molecule has 25 heavy (non-hydrogen) atoms. The highest BCUT2D eigenvalue weighted by Crippen LogP contribution is 2.30. The molecule has 0 saturated heterocycles. The lowest BCUT2D eigenvalue weighted by atomic mass is 10.0. The monoisotopic (exact) mass is 408 g/mol. The number of rotatable bonds is 20. The van der Waals surface area contributed by atoms with Crippen molar-refractivity contribution in [1.82, 2.24) is 0 Å². The zero-order valence-electron chi connectivity index (χ0n) is 17.4. The second-order valence-corrected chi connectivity index (χ2v) is 15.6. The number of hydrogen-bond acceptors (Lipinski definition) is 0. The molecule has 0 nitrogen and oxygen atoms in total. The molecule has 0 saturated carbocycles. The highest BCUT2D eigenvalue weighted by molar-refractivity contribution is 7.45. The van der Waals surface area contributed by atoms with Gasteiger partial charge in [-0.1, -0.05) is 129 Å². The number of hydrogen-bond donors (Lipinski definition) is 0. The van der Waals surface area contributed by atoms with Gasteiger partial charge in [0, 0.05) is 0 Å². The minimum Gasteiger partial charge on any atom is -0.146 e. The third-order valence-corrected chi connectivity index (χ3v) is 9.73. The molecule has 3 heteroatoms. The highest BCUT2D eigenvalue weighted by Gasteiger charge is 2.26. The van der Waals surface area contributed by atoms with E-state index in [2.05, 4.69) is 13.8 Å². The van der Waals surface area contributed by atoms with Crippen LogP contribution < -0.4 is 0 Å². The average Bonchev–Trinajstić information content (AvgIpc) is 2.59. The molecule has 0 radical (unpaired) electrons. The molecule has 0 rings (SSSR count). The van der Waals surface area contributed by atoms with Crippen LogP contribution in [0.5, 0.6) is 0 Å². The Morgan fingerprint density at radius 1 is 0.400 bits per heavy atom. The van der Waals surface area contributed by atoms with Gasteiger partial charge in [-0.25, -0.2) is 0 Å². The van der Waals surface area contributed by atoms with Crippen LogP contribution in [0.15, 0.2) is 0 Å². The van der Waals surface area contributed by atoms with E-state index in [1.54, 1.807) is 0 Å². The third-order valence-electron chi connectivity index (χ3n) is 5.29. The van der Waals surface area contributed by atoms with Gasteiger partial charge >= 0.3 is 0 Å². The Kier molecular flexibility index (Phi) is 20.2. The Morgan fingerprint density at radius 2 is 0.680 bits per heavy atom. The lowest BCUT2D eigenvalue weighted by Gasteiger charge is -2.15. The molecule has 0 aromatic heterocycles. The molecule has 0 N–H and O–H groups in total. The Hall–Kier alpha value is 0.797. The first-order chi connectivity index (χ1) is 12.1. The standard InChI is InChI=1S/C22H46Cl2Si/c1-3-5-7-8-9-10-11-12-13-14-15-16-17-18-19-20-22-25(23,24)21-6-4-2/h3-22H2,1-2H3. The summed E-state index contributed by atoms with van der Waals surface area (Å²) in [6, 6.07) is 2.19. The van der Waals surface area contributed by atoms with E-state index < -0.39 is 6.69 Å². The van der Waals surface area contributed by atoms with Crippen molar-refractivity contribution in [1.29, 1.82) is 0 Å². The molecule has 152 valence electrons. The lowest BCUT2D eigenvalue weighted by molar-refractivity contribution is 0.531. The Labute approximate surface area is 170 Å². The fraction of sp³-hybridized carbons (Fsp3) is 1.00. The summed E-state index contributed by atoms with van der Waals surface area (Å²) in [5.41, 5.74) is 0. The van der Waals surface area contributed by atoms with Crippen LogP contribution in [-0.2, 0) is 0 Å². The van der Waals surface area contributed by atoms with Gasteiger partial charge in [0.25, 0.3) is 6.69 Å². The van der Waals surface area contributed by atoms with Gasteiger partial charge in [-0.2, -0.15) is 0 Å². The predicted molar refractivity (Wildman–Crippen MR) is 122 cm³/mol. The van der Waals surface area contributed by atoms with E-state index in [9.17, 15) is 0 Å². The molecule has 0 aromatic rings. The molecular formula is C22H46Cl2Si. The molecule has 0 aromatic carbocycles. The van der Waals surface area contributed by atoms with Crippen molar-refractivity contribution in [2.45, 2.75) is 142 Å². The SMILES string of the molecule is CCCCCCCCCCCCCCCCCC[Si](Cl)(Cl)CCCC. The average molecular weight is 410 g/mol.